The first kappa shape index (κ1) is 40.4. The molecule has 2 unspecified atom stereocenters. The Morgan fingerprint density at radius 2 is 1.37 bits per heavy atom. The lowest BCUT2D eigenvalue weighted by molar-refractivity contribution is -0.154. The number of carbonyl (C=O) groups excluding carboxylic acids is 4. The molecule has 13 nitrogen and oxygen atoms in total. The van der Waals surface area contributed by atoms with E-state index in [0.29, 0.717) is 28.3 Å². The Morgan fingerprint density at radius 3 is 1.85 bits per heavy atom. The number of ether oxygens (including phenoxy) is 2. The normalized spacial score (nSPS) is 17.5. The second-order valence-corrected chi connectivity index (χ2v) is 15.4. The van der Waals surface area contributed by atoms with Crippen LogP contribution >= 0.6 is 11.3 Å². The van der Waals surface area contributed by atoms with Gasteiger partial charge in [-0.05, 0) is 22.3 Å². The topological polar surface area (TPSA) is 180 Å². The smallest absolute Gasteiger partial charge is 0.356 e. The van der Waals surface area contributed by atoms with Gasteiger partial charge in [0, 0.05) is 17.0 Å². The molecular formula is C42H33F2N5O8S2. The zero-order chi connectivity index (χ0) is 41.5. The summed E-state index contributed by atoms with van der Waals surface area (Å²) in [5, 5.41) is 6.41. The van der Waals surface area contributed by atoms with E-state index in [1.807, 2.05) is 12.1 Å². The minimum atomic E-state index is -2.19. The van der Waals surface area contributed by atoms with E-state index in [1.54, 1.807) is 109 Å². The summed E-state index contributed by atoms with van der Waals surface area (Å²) in [4.78, 5) is 64.8. The number of thiazole rings is 1. The van der Waals surface area contributed by atoms with Gasteiger partial charge in [0.15, 0.2) is 23.1 Å². The number of fused-ring (bicyclic) bond motifs is 1. The maximum absolute atomic E-state index is 14.0. The summed E-state index contributed by atoms with van der Waals surface area (Å²) < 4.78 is 52.7. The number of halogens is 2. The molecule has 3 N–H and O–H groups in total. The van der Waals surface area contributed by atoms with Crippen molar-refractivity contribution < 1.29 is 46.5 Å². The number of carbonyl (C=O) groups is 4. The summed E-state index contributed by atoms with van der Waals surface area (Å²) in [6.45, 7) is -0.736. The van der Waals surface area contributed by atoms with Crippen LogP contribution in [0, 0.1) is 0 Å². The van der Waals surface area contributed by atoms with E-state index in [9.17, 15) is 32.2 Å². The molecule has 4 aromatic carbocycles. The zero-order valence-electron chi connectivity index (χ0n) is 30.7. The van der Waals surface area contributed by atoms with Crippen molar-refractivity contribution in [3.63, 3.8) is 0 Å². The van der Waals surface area contributed by atoms with Crippen LogP contribution in [0.15, 0.2) is 155 Å². The van der Waals surface area contributed by atoms with Gasteiger partial charge in [0.25, 0.3) is 17.9 Å². The van der Waals surface area contributed by atoms with Crippen LogP contribution in [-0.2, 0) is 44.3 Å². The van der Waals surface area contributed by atoms with E-state index < -0.39 is 88.0 Å². The van der Waals surface area contributed by atoms with Gasteiger partial charge in [-0.2, -0.15) is 8.78 Å². The molecular weight excluding hydrogens is 805 g/mol. The summed E-state index contributed by atoms with van der Waals surface area (Å²) in [5.74, 6) is -4.48. The van der Waals surface area contributed by atoms with Crippen LogP contribution in [0.25, 0.3) is 0 Å². The highest BCUT2D eigenvalue weighted by molar-refractivity contribution is 7.86. The molecule has 5 aromatic rings. The lowest BCUT2D eigenvalue weighted by Crippen LogP contribution is -2.74. The van der Waals surface area contributed by atoms with Gasteiger partial charge in [0.2, 0.25) is 6.61 Å². The number of aromatic nitrogens is 1. The molecule has 59 heavy (non-hydrogen) atoms. The molecule has 0 radical (unpaired) electrons. The Balaban J connectivity index is 1.10. The number of allylic oxidation sites excluding steroid dienone is 1. The number of β-lactam (4-membered cyclic amide) rings is 1. The van der Waals surface area contributed by atoms with Crippen molar-refractivity contribution in [2.75, 3.05) is 18.1 Å². The van der Waals surface area contributed by atoms with Gasteiger partial charge in [-0.25, -0.2) is 14.6 Å². The number of esters is 2. The number of nitrogens with two attached hydrogens (primary N) is 1. The molecule has 17 heteroatoms. The molecule has 7 rings (SSSR count). The fourth-order valence-corrected chi connectivity index (χ4v) is 8.67. The summed E-state index contributed by atoms with van der Waals surface area (Å²) in [6.07, 6.45) is -3.60. The number of rotatable bonds is 14. The van der Waals surface area contributed by atoms with Crippen molar-refractivity contribution >= 4 is 56.7 Å². The number of anilines is 1. The largest absolute Gasteiger partial charge is 0.450 e. The highest BCUT2D eigenvalue weighted by Gasteiger charge is 2.57. The molecule has 300 valence electrons. The molecule has 0 saturated carbocycles. The molecule has 0 bridgehead atoms. The summed E-state index contributed by atoms with van der Waals surface area (Å²) >= 11 is 0.972. The highest BCUT2D eigenvalue weighted by Crippen LogP contribution is 2.38. The number of hydrogen-bond donors (Lipinski definition) is 2. The van der Waals surface area contributed by atoms with Crippen molar-refractivity contribution in [3.8, 4) is 0 Å². The maximum Gasteiger partial charge on any atom is 0.356 e. The van der Waals surface area contributed by atoms with Crippen LogP contribution in [0.2, 0.25) is 0 Å². The van der Waals surface area contributed by atoms with Crippen LogP contribution in [0.5, 0.6) is 0 Å². The number of benzene rings is 4. The molecule has 1 aromatic heterocycles. The molecule has 0 spiro atoms. The van der Waals surface area contributed by atoms with Crippen LogP contribution in [0.3, 0.4) is 0 Å². The van der Waals surface area contributed by atoms with Crippen LogP contribution in [0.4, 0.5) is 13.9 Å². The molecule has 0 aliphatic carbocycles. The number of amides is 2. The van der Waals surface area contributed by atoms with Gasteiger partial charge in [-0.3, -0.25) is 18.7 Å². The van der Waals surface area contributed by atoms with E-state index in [4.69, 9.17) is 20.0 Å². The summed E-state index contributed by atoms with van der Waals surface area (Å²) in [5.41, 5.74) is 6.86. The monoisotopic (exact) mass is 837 g/mol. The summed E-state index contributed by atoms with van der Waals surface area (Å²) in [6, 6.07) is 33.9. The van der Waals surface area contributed by atoms with Gasteiger partial charge < -0.3 is 25.4 Å². The third-order valence-electron chi connectivity index (χ3n) is 9.12. The van der Waals surface area contributed by atoms with E-state index in [0.717, 1.165) is 16.2 Å². The third-order valence-corrected chi connectivity index (χ3v) is 11.4. The van der Waals surface area contributed by atoms with Gasteiger partial charge in [0.05, 0.1) is 16.6 Å². The lowest BCUT2D eigenvalue weighted by Gasteiger charge is -2.49. The molecule has 3 atom stereocenters. The first-order chi connectivity index (χ1) is 28.6. The highest BCUT2D eigenvalue weighted by atomic mass is 32.2. The number of nitrogens with one attached hydrogen (secondary N) is 1. The van der Waals surface area contributed by atoms with Crippen molar-refractivity contribution in [1.29, 1.82) is 0 Å². The minimum absolute atomic E-state index is 0.0611. The average molecular weight is 838 g/mol. The van der Waals surface area contributed by atoms with Gasteiger partial charge >= 0.3 is 11.9 Å². The molecule has 1 saturated heterocycles. The minimum Gasteiger partial charge on any atom is -0.450 e. The van der Waals surface area contributed by atoms with Crippen molar-refractivity contribution in [3.05, 3.63) is 178 Å². The Morgan fingerprint density at radius 1 is 0.864 bits per heavy atom. The number of nitrogens with zero attached hydrogens (tertiary/aromatic N) is 3. The predicted molar refractivity (Wildman–Crippen MR) is 214 cm³/mol. The predicted octanol–water partition coefficient (Wildman–Crippen LogP) is 5.56. The Bertz CT molecular complexity index is 2390. The van der Waals surface area contributed by atoms with Crippen LogP contribution < -0.4 is 11.1 Å². The second-order valence-electron chi connectivity index (χ2n) is 13.0. The fourth-order valence-electron chi connectivity index (χ4n) is 6.49. The molecule has 2 amide bonds. The lowest BCUT2D eigenvalue weighted by atomic mass is 10.0. The molecule has 2 aliphatic heterocycles. The van der Waals surface area contributed by atoms with Crippen molar-refractivity contribution in [2.45, 2.75) is 23.6 Å². The van der Waals surface area contributed by atoms with Crippen molar-refractivity contribution in [1.82, 2.24) is 15.2 Å². The zero-order valence-corrected chi connectivity index (χ0v) is 32.3. The second kappa shape index (κ2) is 18.2. The van der Waals surface area contributed by atoms with E-state index in [1.165, 1.54) is 5.38 Å². The van der Waals surface area contributed by atoms with Gasteiger partial charge in [0.1, 0.15) is 22.8 Å². The Labute approximate surface area is 342 Å². The van der Waals surface area contributed by atoms with Gasteiger partial charge in [-0.1, -0.05) is 126 Å². The number of oxime groups is 1. The Hall–Kier alpha value is -6.85. The maximum atomic E-state index is 14.0. The van der Waals surface area contributed by atoms with Crippen LogP contribution in [0.1, 0.15) is 40.2 Å². The summed E-state index contributed by atoms with van der Waals surface area (Å²) in [7, 11) is -2.09. The average Bonchev–Trinajstić information content (AvgIpc) is 3.68. The molecule has 2 aliphatic rings. The third kappa shape index (κ3) is 9.16. The fraction of sp³-hybridized carbons (Fsp3) is 0.143. The standard InChI is InChI=1S/C42H33F2N5O8S2/c43-31(44)21-29-24-59(54)40-34(39(52)49(40)35(29)41(53)57-37(27-17-9-3-10-18-27)28-19-11-4-12-20-28)47-38(51)33(30-23-58-42(45)46-30)48-55-22-32(50)56-36(25-13-5-1-6-14-25)26-15-7-2-8-16-26/h1-21,23,34,36-37,40H,22,24H2,(H2,45,46)(H,47,51)/t34?,40-,59?/m0/s1. The van der Waals surface area contributed by atoms with Gasteiger partial charge in [-0.15, -0.1) is 11.3 Å². The Kier molecular flexibility index (Phi) is 12.4. The first-order valence-electron chi connectivity index (χ1n) is 17.9. The van der Waals surface area contributed by atoms with E-state index in [2.05, 4.69) is 15.5 Å². The number of nitrogen functional groups attached to an aromatic ring is 1. The quantitative estimate of drug-likeness (QED) is 0.0623. The van der Waals surface area contributed by atoms with E-state index in [-0.39, 0.29) is 16.4 Å². The van der Waals surface area contributed by atoms with Crippen molar-refractivity contribution in [2.24, 2.45) is 5.16 Å². The number of hydrogen-bond acceptors (Lipinski definition) is 12. The first-order valence-corrected chi connectivity index (χ1v) is 20.1. The molecule has 3 heterocycles. The SMILES string of the molecule is Nc1nc(C(=NOCC(=O)OC(c2ccccc2)c2ccccc2)C(=O)NC2C(=O)N3C(C(=O)OC(c4ccccc4)c4ccccc4)=C(C=C(F)F)CS(=O)[C@@H]23)cs1. The van der Waals surface area contributed by atoms with Crippen LogP contribution in [-0.4, -0.2) is 67.3 Å². The van der Waals surface area contributed by atoms with E-state index >= 15 is 0 Å². The molecule has 1 fully saturated rings.